The van der Waals surface area contributed by atoms with Crippen LogP contribution in [0.25, 0.3) is 0 Å². The second kappa shape index (κ2) is 4.86. The molecular weight excluding hydrogens is 217 g/mol. The molecule has 0 spiro atoms. The fourth-order valence-corrected chi connectivity index (χ4v) is 1.81. The van der Waals surface area contributed by atoms with Gasteiger partial charge in [0.1, 0.15) is 5.82 Å². The van der Waals surface area contributed by atoms with Crippen LogP contribution in [0, 0.1) is 11.7 Å². The Bertz CT molecular complexity index is 426. The van der Waals surface area contributed by atoms with Crippen molar-refractivity contribution in [2.45, 2.75) is 39.0 Å². The van der Waals surface area contributed by atoms with Crippen LogP contribution in [0.5, 0.6) is 0 Å². The van der Waals surface area contributed by atoms with E-state index < -0.39 is 0 Å². The van der Waals surface area contributed by atoms with Crippen LogP contribution in [0.3, 0.4) is 0 Å². The average molecular weight is 235 g/mol. The summed E-state index contributed by atoms with van der Waals surface area (Å²) in [5.74, 6) is 0.143. The zero-order valence-electron chi connectivity index (χ0n) is 10.3. The minimum absolute atomic E-state index is 0.0145. The molecule has 1 atom stereocenters. The Morgan fingerprint density at radius 3 is 2.76 bits per heavy atom. The molecule has 1 N–H and O–H groups in total. The van der Waals surface area contributed by atoms with Crippen molar-refractivity contribution in [2.75, 3.05) is 5.32 Å². The third kappa shape index (κ3) is 2.84. The van der Waals surface area contributed by atoms with Crippen molar-refractivity contribution in [1.82, 2.24) is 0 Å². The Kier molecular flexibility index (Phi) is 3.46. The van der Waals surface area contributed by atoms with Gasteiger partial charge in [-0.3, -0.25) is 4.79 Å². The van der Waals surface area contributed by atoms with Crippen molar-refractivity contribution in [3.05, 3.63) is 29.6 Å². The Hall–Kier alpha value is -1.38. The summed E-state index contributed by atoms with van der Waals surface area (Å²) in [5, 5.41) is 2.75. The second-order valence-corrected chi connectivity index (χ2v) is 4.81. The van der Waals surface area contributed by atoms with Crippen molar-refractivity contribution in [2.24, 2.45) is 5.92 Å². The summed E-state index contributed by atoms with van der Waals surface area (Å²) in [5.41, 5.74) is 1.28. The molecule has 1 aliphatic rings. The van der Waals surface area contributed by atoms with Gasteiger partial charge in [0.25, 0.3) is 0 Å². The molecular formula is C14H18FNO. The number of amides is 1. The van der Waals surface area contributed by atoms with E-state index in [1.54, 1.807) is 12.1 Å². The Morgan fingerprint density at radius 1 is 1.53 bits per heavy atom. The minimum Gasteiger partial charge on any atom is -0.326 e. The molecule has 17 heavy (non-hydrogen) atoms. The fraction of sp³-hybridized carbons (Fsp3) is 0.500. The molecule has 1 fully saturated rings. The number of rotatable bonds is 4. The normalized spacial score (nSPS) is 16.6. The first-order valence-electron chi connectivity index (χ1n) is 6.22. The molecule has 0 radical (unpaired) electrons. The van der Waals surface area contributed by atoms with Crippen LogP contribution in [0.15, 0.2) is 18.2 Å². The maximum atomic E-state index is 13.8. The summed E-state index contributed by atoms with van der Waals surface area (Å²) in [6, 6.07) is 4.97. The van der Waals surface area contributed by atoms with Crippen LogP contribution in [0.2, 0.25) is 0 Å². The molecule has 1 aromatic carbocycles. The molecule has 2 nitrogen and oxygen atoms in total. The quantitative estimate of drug-likeness (QED) is 0.847. The van der Waals surface area contributed by atoms with Crippen LogP contribution >= 0.6 is 0 Å². The van der Waals surface area contributed by atoms with E-state index >= 15 is 0 Å². The zero-order chi connectivity index (χ0) is 12.4. The van der Waals surface area contributed by atoms with Gasteiger partial charge < -0.3 is 5.32 Å². The molecule has 92 valence electrons. The van der Waals surface area contributed by atoms with Crippen molar-refractivity contribution >= 4 is 11.6 Å². The van der Waals surface area contributed by atoms with Crippen molar-refractivity contribution in [3.8, 4) is 0 Å². The van der Waals surface area contributed by atoms with Gasteiger partial charge in [0.05, 0.1) is 0 Å². The standard InChI is InChI=1S/C14H18FNO/c1-3-9(2)12-7-6-11(8-13(12)15)16-14(17)10-4-5-10/h6-10H,3-5H2,1-2H3,(H,16,17). The lowest BCUT2D eigenvalue weighted by Gasteiger charge is -2.12. The SMILES string of the molecule is CCC(C)c1ccc(NC(=O)C2CC2)cc1F. The first-order valence-corrected chi connectivity index (χ1v) is 6.22. The maximum Gasteiger partial charge on any atom is 0.227 e. The number of hydrogen-bond acceptors (Lipinski definition) is 1. The predicted molar refractivity (Wildman–Crippen MR) is 66.5 cm³/mol. The molecule has 0 saturated heterocycles. The number of carbonyl (C=O) groups is 1. The van der Waals surface area contributed by atoms with Gasteiger partial charge in [-0.05, 0) is 42.9 Å². The van der Waals surface area contributed by atoms with E-state index in [4.69, 9.17) is 0 Å². The molecule has 1 saturated carbocycles. The lowest BCUT2D eigenvalue weighted by molar-refractivity contribution is -0.117. The minimum atomic E-state index is -0.229. The first-order chi connectivity index (χ1) is 8.11. The number of nitrogens with one attached hydrogen (secondary N) is 1. The van der Waals surface area contributed by atoms with E-state index in [-0.39, 0.29) is 23.6 Å². The highest BCUT2D eigenvalue weighted by atomic mass is 19.1. The molecule has 0 aliphatic heterocycles. The lowest BCUT2D eigenvalue weighted by atomic mass is 9.98. The van der Waals surface area contributed by atoms with Crippen LogP contribution < -0.4 is 5.32 Å². The fourth-order valence-electron chi connectivity index (χ4n) is 1.81. The van der Waals surface area contributed by atoms with Crippen LogP contribution in [-0.4, -0.2) is 5.91 Å². The molecule has 1 aromatic rings. The summed E-state index contributed by atoms with van der Waals surface area (Å²) >= 11 is 0. The van der Waals surface area contributed by atoms with Crippen molar-refractivity contribution in [3.63, 3.8) is 0 Å². The number of carbonyl (C=O) groups excluding carboxylic acids is 1. The zero-order valence-corrected chi connectivity index (χ0v) is 10.3. The number of halogens is 1. The highest BCUT2D eigenvalue weighted by molar-refractivity contribution is 5.94. The van der Waals surface area contributed by atoms with Crippen LogP contribution in [0.1, 0.15) is 44.6 Å². The Morgan fingerprint density at radius 2 is 2.24 bits per heavy atom. The highest BCUT2D eigenvalue weighted by Gasteiger charge is 2.29. The van der Waals surface area contributed by atoms with E-state index in [0.29, 0.717) is 5.69 Å². The van der Waals surface area contributed by atoms with Crippen LogP contribution in [0.4, 0.5) is 10.1 Å². The lowest BCUT2D eigenvalue weighted by Crippen LogP contribution is -2.13. The highest BCUT2D eigenvalue weighted by Crippen LogP contribution is 2.31. The van der Waals surface area contributed by atoms with Gasteiger partial charge in [-0.25, -0.2) is 4.39 Å². The van der Waals surface area contributed by atoms with Gasteiger partial charge >= 0.3 is 0 Å². The largest absolute Gasteiger partial charge is 0.326 e. The molecule has 0 heterocycles. The first kappa shape index (κ1) is 12.1. The molecule has 2 rings (SSSR count). The Labute approximate surface area is 101 Å². The molecule has 1 amide bonds. The van der Waals surface area contributed by atoms with E-state index in [9.17, 15) is 9.18 Å². The maximum absolute atomic E-state index is 13.8. The molecule has 3 heteroatoms. The monoisotopic (exact) mass is 235 g/mol. The molecule has 1 unspecified atom stereocenters. The predicted octanol–water partition coefficient (Wildman–Crippen LogP) is 3.69. The molecule has 1 aliphatic carbocycles. The van der Waals surface area contributed by atoms with E-state index in [1.807, 2.05) is 13.8 Å². The summed E-state index contributed by atoms with van der Waals surface area (Å²) in [6.07, 6.45) is 2.82. The van der Waals surface area contributed by atoms with Gasteiger partial charge in [-0.1, -0.05) is 19.9 Å². The summed E-state index contributed by atoms with van der Waals surface area (Å²) in [4.78, 5) is 11.5. The average Bonchev–Trinajstić information content (AvgIpc) is 3.12. The number of hydrogen-bond donors (Lipinski definition) is 1. The second-order valence-electron chi connectivity index (χ2n) is 4.81. The number of anilines is 1. The third-order valence-electron chi connectivity index (χ3n) is 3.36. The molecule has 0 aromatic heterocycles. The molecule has 0 bridgehead atoms. The third-order valence-corrected chi connectivity index (χ3v) is 3.36. The topological polar surface area (TPSA) is 29.1 Å². The summed E-state index contributed by atoms with van der Waals surface area (Å²) < 4.78 is 13.8. The van der Waals surface area contributed by atoms with Crippen LogP contribution in [-0.2, 0) is 4.79 Å². The Balaban J connectivity index is 2.09. The van der Waals surface area contributed by atoms with E-state index in [0.717, 1.165) is 24.8 Å². The number of benzene rings is 1. The van der Waals surface area contributed by atoms with Gasteiger partial charge in [0, 0.05) is 11.6 Å². The van der Waals surface area contributed by atoms with Gasteiger partial charge in [0.2, 0.25) is 5.91 Å². The van der Waals surface area contributed by atoms with Gasteiger partial charge in [-0.15, -0.1) is 0 Å². The summed E-state index contributed by atoms with van der Waals surface area (Å²) in [6.45, 7) is 4.04. The van der Waals surface area contributed by atoms with Crippen molar-refractivity contribution in [1.29, 1.82) is 0 Å². The van der Waals surface area contributed by atoms with E-state index in [1.165, 1.54) is 6.07 Å². The van der Waals surface area contributed by atoms with E-state index in [2.05, 4.69) is 5.32 Å². The van der Waals surface area contributed by atoms with Gasteiger partial charge in [-0.2, -0.15) is 0 Å². The smallest absolute Gasteiger partial charge is 0.227 e. The summed E-state index contributed by atoms with van der Waals surface area (Å²) in [7, 11) is 0. The van der Waals surface area contributed by atoms with Gasteiger partial charge in [0.15, 0.2) is 0 Å². The van der Waals surface area contributed by atoms with Crippen molar-refractivity contribution < 1.29 is 9.18 Å².